The highest BCUT2D eigenvalue weighted by Crippen LogP contribution is 2.15. The van der Waals surface area contributed by atoms with Gasteiger partial charge >= 0.3 is 0 Å². The summed E-state index contributed by atoms with van der Waals surface area (Å²) in [4.78, 5) is 26.0. The van der Waals surface area contributed by atoms with Crippen LogP contribution < -0.4 is 15.4 Å². The zero-order chi connectivity index (χ0) is 14.5. The lowest BCUT2D eigenvalue weighted by Crippen LogP contribution is -2.59. The molecule has 1 aliphatic heterocycles. The van der Waals surface area contributed by atoms with Crippen molar-refractivity contribution < 1.29 is 14.3 Å². The minimum Gasteiger partial charge on any atom is -0.497 e. The van der Waals surface area contributed by atoms with Crippen molar-refractivity contribution >= 4 is 11.8 Å². The number of nitrogens with one attached hydrogen (secondary N) is 2. The van der Waals surface area contributed by atoms with Gasteiger partial charge in [-0.05, 0) is 24.3 Å². The molecular formula is C14H19N3O3. The van der Waals surface area contributed by atoms with Crippen molar-refractivity contribution in [2.24, 2.45) is 0 Å². The van der Waals surface area contributed by atoms with Crippen LogP contribution in [0.1, 0.15) is 10.4 Å². The molecule has 0 saturated carbocycles. The van der Waals surface area contributed by atoms with E-state index in [1.54, 1.807) is 43.3 Å². The van der Waals surface area contributed by atoms with E-state index in [4.69, 9.17) is 4.74 Å². The number of methoxy groups -OCH3 is 1. The van der Waals surface area contributed by atoms with Crippen LogP contribution in [-0.4, -0.2) is 56.5 Å². The third kappa shape index (κ3) is 2.91. The van der Waals surface area contributed by atoms with Gasteiger partial charge in [0.15, 0.2) is 0 Å². The normalized spacial score (nSPS) is 18.5. The predicted octanol–water partition coefficient (Wildman–Crippen LogP) is -0.145. The lowest BCUT2D eigenvalue weighted by molar-refractivity contribution is -0.125. The molecule has 2 N–H and O–H groups in total. The molecule has 1 unspecified atom stereocenters. The average molecular weight is 277 g/mol. The summed E-state index contributed by atoms with van der Waals surface area (Å²) in [5.74, 6) is 0.409. The lowest BCUT2D eigenvalue weighted by Gasteiger charge is -2.35. The van der Waals surface area contributed by atoms with Crippen molar-refractivity contribution in [2.45, 2.75) is 6.04 Å². The Kier molecular flexibility index (Phi) is 4.57. The Bertz CT molecular complexity index is 487. The van der Waals surface area contributed by atoms with Gasteiger partial charge in [0.2, 0.25) is 5.91 Å². The number of nitrogens with zero attached hydrogens (tertiary/aromatic N) is 1. The van der Waals surface area contributed by atoms with Crippen LogP contribution >= 0.6 is 0 Å². The van der Waals surface area contributed by atoms with Gasteiger partial charge in [-0.25, -0.2) is 0 Å². The molecular weight excluding hydrogens is 258 g/mol. The number of likely N-dealkylation sites (N-methyl/N-ethyl adjacent to an activating group) is 1. The molecule has 2 amide bonds. The number of carbonyl (C=O) groups excluding carboxylic acids is 2. The van der Waals surface area contributed by atoms with E-state index in [-0.39, 0.29) is 11.8 Å². The Morgan fingerprint density at radius 3 is 2.65 bits per heavy atom. The minimum atomic E-state index is -0.469. The molecule has 0 aromatic heterocycles. The predicted molar refractivity (Wildman–Crippen MR) is 74.8 cm³/mol. The van der Waals surface area contributed by atoms with E-state index in [2.05, 4.69) is 10.6 Å². The van der Waals surface area contributed by atoms with E-state index in [0.29, 0.717) is 30.9 Å². The number of ether oxygens (including phenoxy) is 1. The average Bonchev–Trinajstić information content (AvgIpc) is 2.53. The van der Waals surface area contributed by atoms with Gasteiger partial charge in [0.1, 0.15) is 11.8 Å². The fraction of sp³-hybridized carbons (Fsp3) is 0.429. The fourth-order valence-corrected chi connectivity index (χ4v) is 2.25. The molecule has 6 nitrogen and oxygen atoms in total. The summed E-state index contributed by atoms with van der Waals surface area (Å²) in [7, 11) is 3.15. The summed E-state index contributed by atoms with van der Waals surface area (Å²) in [6.07, 6.45) is 0. The number of piperazine rings is 1. The molecule has 1 fully saturated rings. The quantitative estimate of drug-likeness (QED) is 0.806. The zero-order valence-electron chi connectivity index (χ0n) is 11.7. The second-order valence-corrected chi connectivity index (χ2v) is 4.56. The van der Waals surface area contributed by atoms with Crippen LogP contribution in [0.3, 0.4) is 0 Å². The maximum absolute atomic E-state index is 12.5. The molecule has 6 heteroatoms. The van der Waals surface area contributed by atoms with Crippen molar-refractivity contribution in [3.05, 3.63) is 29.8 Å². The summed E-state index contributed by atoms with van der Waals surface area (Å²) in [5.41, 5.74) is 0.557. The summed E-state index contributed by atoms with van der Waals surface area (Å²) in [5, 5.41) is 5.73. The van der Waals surface area contributed by atoms with Gasteiger partial charge in [0.05, 0.1) is 7.11 Å². The molecule has 1 heterocycles. The summed E-state index contributed by atoms with van der Waals surface area (Å²) >= 11 is 0. The van der Waals surface area contributed by atoms with Crippen LogP contribution in [0, 0.1) is 0 Å². The van der Waals surface area contributed by atoms with Gasteiger partial charge in [-0.1, -0.05) is 0 Å². The van der Waals surface area contributed by atoms with Gasteiger partial charge in [0, 0.05) is 32.2 Å². The highest BCUT2D eigenvalue weighted by atomic mass is 16.5. The van der Waals surface area contributed by atoms with E-state index in [9.17, 15) is 9.59 Å². The van der Waals surface area contributed by atoms with Gasteiger partial charge in [-0.3, -0.25) is 9.59 Å². The van der Waals surface area contributed by atoms with Crippen molar-refractivity contribution in [1.29, 1.82) is 0 Å². The molecule has 1 aromatic rings. The number of hydrogen-bond acceptors (Lipinski definition) is 4. The van der Waals surface area contributed by atoms with Crippen molar-refractivity contribution in [3.63, 3.8) is 0 Å². The molecule has 0 bridgehead atoms. The smallest absolute Gasteiger partial charge is 0.254 e. The first-order chi connectivity index (χ1) is 9.67. The van der Waals surface area contributed by atoms with Gasteiger partial charge in [-0.15, -0.1) is 0 Å². The zero-order valence-corrected chi connectivity index (χ0v) is 11.7. The van der Waals surface area contributed by atoms with E-state index >= 15 is 0 Å². The molecule has 2 rings (SSSR count). The van der Waals surface area contributed by atoms with Crippen LogP contribution in [0.2, 0.25) is 0 Å². The highest BCUT2D eigenvalue weighted by Gasteiger charge is 2.31. The first-order valence-electron chi connectivity index (χ1n) is 6.54. The highest BCUT2D eigenvalue weighted by molar-refractivity contribution is 5.97. The van der Waals surface area contributed by atoms with E-state index < -0.39 is 6.04 Å². The van der Waals surface area contributed by atoms with E-state index in [0.717, 1.165) is 0 Å². The number of rotatable bonds is 3. The molecule has 0 radical (unpaired) electrons. The van der Waals surface area contributed by atoms with Gasteiger partial charge in [-0.2, -0.15) is 0 Å². The Hall–Kier alpha value is -2.08. The Morgan fingerprint density at radius 2 is 2.05 bits per heavy atom. The van der Waals surface area contributed by atoms with Gasteiger partial charge in [0.25, 0.3) is 5.91 Å². The second kappa shape index (κ2) is 6.38. The topological polar surface area (TPSA) is 70.7 Å². The van der Waals surface area contributed by atoms with Crippen LogP contribution in [0.5, 0.6) is 5.75 Å². The maximum Gasteiger partial charge on any atom is 0.254 e. The van der Waals surface area contributed by atoms with E-state index in [1.165, 1.54) is 0 Å². The number of benzene rings is 1. The molecule has 108 valence electrons. The number of carbonyl (C=O) groups is 2. The Morgan fingerprint density at radius 1 is 1.35 bits per heavy atom. The minimum absolute atomic E-state index is 0.136. The molecule has 20 heavy (non-hydrogen) atoms. The Labute approximate surface area is 118 Å². The van der Waals surface area contributed by atoms with Crippen molar-refractivity contribution in [1.82, 2.24) is 15.5 Å². The Balaban J connectivity index is 2.18. The summed E-state index contributed by atoms with van der Waals surface area (Å²) < 4.78 is 5.07. The lowest BCUT2D eigenvalue weighted by atomic mass is 10.1. The van der Waals surface area contributed by atoms with Crippen LogP contribution in [0.25, 0.3) is 0 Å². The molecule has 1 aliphatic rings. The largest absolute Gasteiger partial charge is 0.497 e. The SMILES string of the molecule is CNC(=O)C1CNCCN1C(=O)c1ccc(OC)cc1. The molecule has 1 saturated heterocycles. The molecule has 1 aromatic carbocycles. The standard InChI is InChI=1S/C14H19N3O3/c1-15-13(18)12-9-16-7-8-17(12)14(19)10-3-5-11(20-2)6-4-10/h3-6,12,16H,7-9H2,1-2H3,(H,15,18). The summed E-state index contributed by atoms with van der Waals surface area (Å²) in [6, 6.07) is 6.44. The summed E-state index contributed by atoms with van der Waals surface area (Å²) in [6.45, 7) is 1.68. The molecule has 0 aliphatic carbocycles. The van der Waals surface area contributed by atoms with Crippen LogP contribution in [-0.2, 0) is 4.79 Å². The van der Waals surface area contributed by atoms with Crippen LogP contribution in [0.15, 0.2) is 24.3 Å². The van der Waals surface area contributed by atoms with Crippen molar-refractivity contribution in [2.75, 3.05) is 33.8 Å². The maximum atomic E-state index is 12.5. The van der Waals surface area contributed by atoms with Crippen LogP contribution in [0.4, 0.5) is 0 Å². The monoisotopic (exact) mass is 277 g/mol. The number of hydrogen-bond donors (Lipinski definition) is 2. The molecule has 0 spiro atoms. The first kappa shape index (κ1) is 14.3. The third-order valence-electron chi connectivity index (χ3n) is 3.39. The number of amides is 2. The first-order valence-corrected chi connectivity index (χ1v) is 6.54. The van der Waals surface area contributed by atoms with Crippen molar-refractivity contribution in [3.8, 4) is 5.75 Å². The second-order valence-electron chi connectivity index (χ2n) is 4.56. The third-order valence-corrected chi connectivity index (χ3v) is 3.39. The fourth-order valence-electron chi connectivity index (χ4n) is 2.25. The molecule has 1 atom stereocenters. The van der Waals surface area contributed by atoms with E-state index in [1.807, 2.05) is 0 Å². The van der Waals surface area contributed by atoms with Gasteiger partial charge < -0.3 is 20.3 Å².